The lowest BCUT2D eigenvalue weighted by molar-refractivity contribution is -0.743. The average molecular weight is 229 g/mol. The average Bonchev–Trinajstić information content (AvgIpc) is 2.69. The smallest absolute Gasteiger partial charge is 0.319 e. The van der Waals surface area contributed by atoms with Crippen LogP contribution < -0.4 is 15.5 Å². The highest BCUT2D eigenvalue weighted by Gasteiger charge is 2.08. The Bertz CT molecular complexity index is 310. The lowest BCUT2D eigenvalue weighted by Crippen LogP contribution is -2.64. The van der Waals surface area contributed by atoms with Gasteiger partial charge in [0.05, 0.1) is 13.2 Å². The van der Waals surface area contributed by atoms with Gasteiger partial charge in [-0.25, -0.2) is 0 Å². The molecule has 1 aromatic heterocycles. The Morgan fingerprint density at radius 3 is 2.93 bits per heavy atom. The molecule has 0 bridgehead atoms. The predicted octanol–water partition coefficient (Wildman–Crippen LogP) is -1.27. The molecule has 1 heterocycles. The van der Waals surface area contributed by atoms with Gasteiger partial charge in [-0.2, -0.15) is 0 Å². The second-order valence-corrected chi connectivity index (χ2v) is 3.70. The zero-order valence-electron chi connectivity index (χ0n) is 8.19. The van der Waals surface area contributed by atoms with E-state index in [1.165, 1.54) is 6.07 Å². The van der Waals surface area contributed by atoms with Gasteiger partial charge in [0.15, 0.2) is 0 Å². The Morgan fingerprint density at radius 2 is 2.40 bits per heavy atom. The summed E-state index contributed by atoms with van der Waals surface area (Å²) < 4.78 is 4.58. The molecule has 0 saturated carbocycles. The van der Waals surface area contributed by atoms with Crippen LogP contribution in [0.2, 0.25) is 0 Å². The van der Waals surface area contributed by atoms with Crippen molar-refractivity contribution in [2.45, 2.75) is 12.8 Å². The number of carbonyl (C=O) groups is 1. The highest BCUT2D eigenvalue weighted by Crippen LogP contribution is 2.15. The summed E-state index contributed by atoms with van der Waals surface area (Å²) in [5, 5.41) is 26.5. The Morgan fingerprint density at radius 1 is 1.67 bits per heavy atom. The van der Waals surface area contributed by atoms with Crippen LogP contribution in [-0.4, -0.2) is 19.1 Å². The molecule has 0 aliphatic heterocycles. The number of hydrogen-bond acceptors (Lipinski definition) is 6. The lowest BCUT2D eigenvalue weighted by Gasteiger charge is -2.48. The van der Waals surface area contributed by atoms with E-state index in [-0.39, 0.29) is 18.0 Å². The van der Waals surface area contributed by atoms with Crippen molar-refractivity contribution in [1.29, 1.82) is 0 Å². The quantitative estimate of drug-likeness (QED) is 0.503. The van der Waals surface area contributed by atoms with E-state index in [1.807, 2.05) is 0 Å². The minimum absolute atomic E-state index is 0.104. The van der Waals surface area contributed by atoms with Crippen molar-refractivity contribution in [2.24, 2.45) is 0 Å². The summed E-state index contributed by atoms with van der Waals surface area (Å²) in [7, 11) is 0. The molecule has 0 fully saturated rings. The van der Waals surface area contributed by atoms with Gasteiger partial charge in [0.1, 0.15) is 0 Å². The number of hydrogen-bond donors (Lipinski definition) is 1. The van der Waals surface area contributed by atoms with Crippen LogP contribution >= 0.6 is 11.3 Å². The number of rotatable bonds is 5. The van der Waals surface area contributed by atoms with Crippen LogP contribution in [0.5, 0.6) is 0 Å². The number of ether oxygens (including phenoxy) is 1. The lowest BCUT2D eigenvalue weighted by atomic mass is 10.3. The van der Waals surface area contributed by atoms with E-state index >= 15 is 0 Å². The van der Waals surface area contributed by atoms with Crippen molar-refractivity contribution in [3.63, 3.8) is 0 Å². The van der Waals surface area contributed by atoms with Crippen molar-refractivity contribution in [1.82, 2.24) is 5.32 Å². The molecule has 1 aromatic rings. The molecule has 1 rings (SSSR count). The first-order valence-corrected chi connectivity index (χ1v) is 5.29. The van der Waals surface area contributed by atoms with Crippen LogP contribution in [0.3, 0.4) is 0 Å². The molecular weight excluding hydrogens is 218 g/mol. The van der Waals surface area contributed by atoms with Gasteiger partial charge in [-0.05, 0) is 23.2 Å². The third-order valence-electron chi connectivity index (χ3n) is 1.62. The van der Waals surface area contributed by atoms with Gasteiger partial charge >= 0.3 is 5.97 Å². The van der Waals surface area contributed by atoms with Crippen molar-refractivity contribution < 1.29 is 19.7 Å². The summed E-state index contributed by atoms with van der Waals surface area (Å²) in [6.45, 7) is 1.50. The van der Waals surface area contributed by atoms with Gasteiger partial charge in [-0.15, -0.1) is 17.2 Å². The van der Waals surface area contributed by atoms with Gasteiger partial charge in [0.2, 0.25) is 0 Å². The monoisotopic (exact) mass is 229 g/mol. The first-order valence-electron chi connectivity index (χ1n) is 4.41. The Hall–Kier alpha value is -0.950. The third kappa shape index (κ3) is 3.60. The van der Waals surface area contributed by atoms with Gasteiger partial charge in [-0.1, -0.05) is 6.07 Å². The van der Waals surface area contributed by atoms with E-state index in [4.69, 9.17) is 0 Å². The first-order chi connectivity index (χ1) is 7.06. The molecule has 6 heteroatoms. The highest BCUT2D eigenvalue weighted by atomic mass is 32.1. The number of thiophene rings is 1. The van der Waals surface area contributed by atoms with Crippen molar-refractivity contribution in [3.05, 3.63) is 22.4 Å². The van der Waals surface area contributed by atoms with E-state index in [9.17, 15) is 15.0 Å². The molecule has 0 aliphatic carbocycles. The first kappa shape index (κ1) is 12.1. The van der Waals surface area contributed by atoms with Crippen LogP contribution in [0.15, 0.2) is 17.5 Å². The molecule has 5 nitrogen and oxygen atoms in total. The zero-order chi connectivity index (χ0) is 11.3. The van der Waals surface area contributed by atoms with Gasteiger partial charge < -0.3 is 20.3 Å². The second kappa shape index (κ2) is 5.22. The van der Waals surface area contributed by atoms with E-state index in [1.54, 1.807) is 18.4 Å². The normalized spacial score (nSPS) is 11.4. The second-order valence-electron chi connectivity index (χ2n) is 2.75. The van der Waals surface area contributed by atoms with E-state index in [2.05, 4.69) is 10.1 Å². The van der Waals surface area contributed by atoms with Crippen LogP contribution in [0.4, 0.5) is 0 Å². The van der Waals surface area contributed by atoms with E-state index < -0.39 is 11.9 Å². The molecule has 0 saturated heterocycles. The standard InChI is InChI=1S/C9H11NO4S/c1-2-14-8(11)6-10-9(12,13)7-4-3-5-15-7/h3-5,10H,2,6H2,1H3/q-2. The Balaban J connectivity index is 2.47. The molecule has 0 radical (unpaired) electrons. The molecular formula is C9H11NO4S-2. The molecule has 0 unspecified atom stereocenters. The predicted molar refractivity (Wildman–Crippen MR) is 50.6 cm³/mol. The molecule has 84 valence electrons. The Labute approximate surface area is 91.3 Å². The van der Waals surface area contributed by atoms with Crippen molar-refractivity contribution in [2.75, 3.05) is 13.2 Å². The fraction of sp³-hybridized carbons (Fsp3) is 0.444. The SMILES string of the molecule is CCOC(=O)CNC([O-])([O-])c1cccs1. The van der Waals surface area contributed by atoms with Crippen LogP contribution in [-0.2, 0) is 15.4 Å². The maximum atomic E-state index is 11.4. The topological polar surface area (TPSA) is 84.5 Å². The molecule has 0 spiro atoms. The van der Waals surface area contributed by atoms with E-state index in [0.29, 0.717) is 0 Å². The molecule has 0 aromatic carbocycles. The maximum absolute atomic E-state index is 11.4. The van der Waals surface area contributed by atoms with Crippen LogP contribution in [0, 0.1) is 0 Å². The summed E-state index contributed by atoms with van der Waals surface area (Å²) in [4.78, 5) is 11.0. The number of esters is 1. The van der Waals surface area contributed by atoms with Crippen LogP contribution in [0.25, 0.3) is 0 Å². The van der Waals surface area contributed by atoms with Crippen molar-refractivity contribution >= 4 is 17.3 Å². The van der Waals surface area contributed by atoms with Gasteiger partial charge in [0, 0.05) is 0 Å². The fourth-order valence-electron chi connectivity index (χ4n) is 0.954. The molecule has 0 amide bonds. The molecule has 0 aliphatic rings. The fourth-order valence-corrected chi connectivity index (χ4v) is 1.64. The molecule has 1 N–H and O–H groups in total. The van der Waals surface area contributed by atoms with Gasteiger partial charge in [-0.3, -0.25) is 4.79 Å². The summed E-state index contributed by atoms with van der Waals surface area (Å²) in [6, 6.07) is 3.04. The highest BCUT2D eigenvalue weighted by molar-refractivity contribution is 7.10. The summed E-state index contributed by atoms with van der Waals surface area (Å²) in [5.74, 6) is -3.29. The third-order valence-corrected chi connectivity index (χ3v) is 2.57. The Kier molecular flexibility index (Phi) is 4.22. The van der Waals surface area contributed by atoms with Crippen molar-refractivity contribution in [3.8, 4) is 0 Å². The zero-order valence-corrected chi connectivity index (χ0v) is 9.00. The van der Waals surface area contributed by atoms with Gasteiger partial charge in [0.25, 0.3) is 0 Å². The molecule has 0 atom stereocenters. The minimum Gasteiger partial charge on any atom is -0.848 e. The summed E-state index contributed by atoms with van der Waals surface area (Å²) in [5.41, 5.74) is 0. The van der Waals surface area contributed by atoms with Crippen LogP contribution in [0.1, 0.15) is 11.8 Å². The summed E-state index contributed by atoms with van der Waals surface area (Å²) in [6.07, 6.45) is 0. The largest absolute Gasteiger partial charge is 0.848 e. The number of carbonyl (C=O) groups excluding carboxylic acids is 1. The molecule has 15 heavy (non-hydrogen) atoms. The number of nitrogens with one attached hydrogen (secondary N) is 1. The maximum Gasteiger partial charge on any atom is 0.319 e. The minimum atomic E-state index is -2.68. The van der Waals surface area contributed by atoms with E-state index in [0.717, 1.165) is 11.3 Å². The summed E-state index contributed by atoms with van der Waals surface area (Å²) >= 11 is 1.06.